The molecule has 0 amide bonds. The van der Waals surface area contributed by atoms with E-state index in [-0.39, 0.29) is 11.3 Å². The number of nitrogens with zero attached hydrogens (tertiary/aromatic N) is 1. The Morgan fingerprint density at radius 1 is 1.36 bits per heavy atom. The van der Waals surface area contributed by atoms with Crippen LogP contribution in [-0.2, 0) is 0 Å². The summed E-state index contributed by atoms with van der Waals surface area (Å²) in [5, 5.41) is 3.01. The molecule has 0 aromatic heterocycles. The highest BCUT2D eigenvalue weighted by Crippen LogP contribution is 2.24. The molecule has 14 heavy (non-hydrogen) atoms. The fourth-order valence-electron chi connectivity index (χ4n) is 0.951. The van der Waals surface area contributed by atoms with Crippen LogP contribution < -0.4 is 10.6 Å². The minimum absolute atomic E-state index is 0.171. The largest absolute Gasteiger partial charge is 0.496 e. The SMILES string of the molecule is COc1cc(F)c(F)c(F)c1C=NN. The van der Waals surface area contributed by atoms with Crippen molar-refractivity contribution in [1.29, 1.82) is 0 Å². The van der Waals surface area contributed by atoms with Crippen LogP contribution in [0, 0.1) is 17.5 Å². The first-order chi connectivity index (χ1) is 6.61. The number of halogens is 3. The first-order valence-corrected chi connectivity index (χ1v) is 3.56. The van der Waals surface area contributed by atoms with Gasteiger partial charge in [0.05, 0.1) is 18.9 Å². The van der Waals surface area contributed by atoms with Gasteiger partial charge in [0.15, 0.2) is 17.5 Å². The zero-order valence-corrected chi connectivity index (χ0v) is 7.22. The van der Waals surface area contributed by atoms with Crippen LogP contribution in [0.1, 0.15) is 5.56 Å². The van der Waals surface area contributed by atoms with Gasteiger partial charge in [-0.25, -0.2) is 13.2 Å². The molecule has 0 bridgehead atoms. The summed E-state index contributed by atoms with van der Waals surface area (Å²) in [6, 6.07) is 0.718. The van der Waals surface area contributed by atoms with Gasteiger partial charge in [0.2, 0.25) is 0 Å². The molecule has 76 valence electrons. The molecule has 0 unspecified atom stereocenters. The average Bonchev–Trinajstić information content (AvgIpc) is 2.19. The van der Waals surface area contributed by atoms with E-state index in [1.165, 1.54) is 7.11 Å². The van der Waals surface area contributed by atoms with Gasteiger partial charge in [-0.3, -0.25) is 0 Å². The second kappa shape index (κ2) is 3.99. The lowest BCUT2D eigenvalue weighted by molar-refractivity contribution is 0.390. The minimum atomic E-state index is -1.58. The maximum absolute atomic E-state index is 13.1. The summed E-state index contributed by atoms with van der Waals surface area (Å²) in [4.78, 5) is 0. The maximum Gasteiger partial charge on any atom is 0.195 e. The van der Waals surface area contributed by atoms with Gasteiger partial charge in [0.25, 0.3) is 0 Å². The first kappa shape index (κ1) is 10.4. The molecule has 6 heteroatoms. The third-order valence-corrected chi connectivity index (χ3v) is 1.59. The molecule has 0 fully saturated rings. The second-order valence-electron chi connectivity index (χ2n) is 2.38. The summed E-state index contributed by atoms with van der Waals surface area (Å²) in [7, 11) is 1.19. The van der Waals surface area contributed by atoms with Crippen LogP contribution in [0.5, 0.6) is 5.75 Å². The van der Waals surface area contributed by atoms with E-state index in [0.29, 0.717) is 0 Å². The summed E-state index contributed by atoms with van der Waals surface area (Å²) >= 11 is 0. The molecule has 2 N–H and O–H groups in total. The van der Waals surface area contributed by atoms with Crippen LogP contribution in [0.25, 0.3) is 0 Å². The summed E-state index contributed by atoms with van der Waals surface area (Å²) < 4.78 is 43.1. The summed E-state index contributed by atoms with van der Waals surface area (Å²) in [5.41, 5.74) is -0.325. The van der Waals surface area contributed by atoms with Gasteiger partial charge in [-0.15, -0.1) is 0 Å². The third-order valence-electron chi connectivity index (χ3n) is 1.59. The van der Waals surface area contributed by atoms with E-state index in [1.54, 1.807) is 0 Å². The first-order valence-electron chi connectivity index (χ1n) is 3.56. The smallest absolute Gasteiger partial charge is 0.195 e. The van der Waals surface area contributed by atoms with Gasteiger partial charge in [-0.05, 0) is 0 Å². The normalized spacial score (nSPS) is 10.9. The Kier molecular flexibility index (Phi) is 2.95. The molecule has 1 aromatic carbocycles. The predicted molar refractivity (Wildman–Crippen MR) is 44.6 cm³/mol. The molecule has 0 saturated carbocycles. The van der Waals surface area contributed by atoms with Crippen molar-refractivity contribution in [1.82, 2.24) is 0 Å². The molecule has 0 saturated heterocycles. The zero-order chi connectivity index (χ0) is 10.7. The summed E-state index contributed by atoms with van der Waals surface area (Å²) in [6.45, 7) is 0. The topological polar surface area (TPSA) is 47.6 Å². The van der Waals surface area contributed by atoms with E-state index in [4.69, 9.17) is 5.84 Å². The van der Waals surface area contributed by atoms with Gasteiger partial charge in [-0.2, -0.15) is 5.10 Å². The van der Waals surface area contributed by atoms with Crippen molar-refractivity contribution in [3.8, 4) is 5.75 Å². The lowest BCUT2D eigenvalue weighted by atomic mass is 10.2. The van der Waals surface area contributed by atoms with E-state index >= 15 is 0 Å². The standard InChI is InChI=1S/C8H7F3N2O/c1-14-6-2-5(9)8(11)7(10)4(6)3-13-12/h2-3H,12H2,1H3. The van der Waals surface area contributed by atoms with Gasteiger partial charge >= 0.3 is 0 Å². The molecule has 0 aliphatic carbocycles. The number of rotatable bonds is 2. The molecule has 0 radical (unpaired) electrons. The fraction of sp³-hybridized carbons (Fsp3) is 0.125. The van der Waals surface area contributed by atoms with Crippen molar-refractivity contribution in [2.45, 2.75) is 0 Å². The van der Waals surface area contributed by atoms with E-state index in [2.05, 4.69) is 9.84 Å². The van der Waals surface area contributed by atoms with Crippen molar-refractivity contribution in [3.63, 3.8) is 0 Å². The van der Waals surface area contributed by atoms with Gasteiger partial charge < -0.3 is 10.6 Å². The van der Waals surface area contributed by atoms with Gasteiger partial charge in [0.1, 0.15) is 5.75 Å². The average molecular weight is 204 g/mol. The Hall–Kier alpha value is -1.72. The second-order valence-corrected chi connectivity index (χ2v) is 2.38. The highest BCUT2D eigenvalue weighted by molar-refractivity contribution is 5.83. The van der Waals surface area contributed by atoms with E-state index in [1.807, 2.05) is 0 Å². The molecule has 0 atom stereocenters. The number of hydrogen-bond donors (Lipinski definition) is 1. The maximum atomic E-state index is 13.1. The summed E-state index contributed by atoms with van der Waals surface area (Å²) in [6.07, 6.45) is 0.844. The minimum Gasteiger partial charge on any atom is -0.496 e. The van der Waals surface area contributed by atoms with Crippen molar-refractivity contribution in [3.05, 3.63) is 29.1 Å². The molecule has 0 aliphatic heterocycles. The number of methoxy groups -OCH3 is 1. The van der Waals surface area contributed by atoms with Crippen molar-refractivity contribution < 1.29 is 17.9 Å². The van der Waals surface area contributed by atoms with Crippen LogP contribution >= 0.6 is 0 Å². The zero-order valence-electron chi connectivity index (χ0n) is 7.22. The van der Waals surface area contributed by atoms with Crippen LogP contribution in [0.3, 0.4) is 0 Å². The molecule has 0 heterocycles. The van der Waals surface area contributed by atoms with Crippen molar-refractivity contribution in [2.75, 3.05) is 7.11 Å². The lowest BCUT2D eigenvalue weighted by Crippen LogP contribution is -2.02. The quantitative estimate of drug-likeness (QED) is 0.342. The van der Waals surface area contributed by atoms with E-state index in [9.17, 15) is 13.2 Å². The Bertz CT molecular complexity index is 379. The van der Waals surface area contributed by atoms with Gasteiger partial charge in [-0.1, -0.05) is 0 Å². The number of benzene rings is 1. The van der Waals surface area contributed by atoms with Gasteiger partial charge in [0, 0.05) is 6.07 Å². The van der Waals surface area contributed by atoms with Crippen molar-refractivity contribution in [2.24, 2.45) is 10.9 Å². The lowest BCUT2D eigenvalue weighted by Gasteiger charge is -2.06. The number of hydrazone groups is 1. The van der Waals surface area contributed by atoms with Crippen LogP contribution in [0.4, 0.5) is 13.2 Å². The Labute approximate surface area is 78.0 Å². The Balaban J connectivity index is 3.44. The highest BCUT2D eigenvalue weighted by Gasteiger charge is 2.17. The predicted octanol–water partition coefficient (Wildman–Crippen LogP) is 1.41. The Morgan fingerprint density at radius 3 is 2.50 bits per heavy atom. The molecule has 1 rings (SSSR count). The molecule has 1 aromatic rings. The number of hydrogen-bond acceptors (Lipinski definition) is 3. The molecule has 3 nitrogen and oxygen atoms in total. The molecule has 0 spiro atoms. The van der Waals surface area contributed by atoms with E-state index < -0.39 is 17.5 Å². The highest BCUT2D eigenvalue weighted by atomic mass is 19.2. The number of ether oxygens (including phenoxy) is 1. The molecular formula is C8H7F3N2O. The summed E-state index contributed by atoms with van der Waals surface area (Å²) in [5.74, 6) is 0.315. The monoisotopic (exact) mass is 204 g/mol. The van der Waals surface area contributed by atoms with Crippen LogP contribution in [0.2, 0.25) is 0 Å². The fourth-order valence-corrected chi connectivity index (χ4v) is 0.951. The van der Waals surface area contributed by atoms with Crippen molar-refractivity contribution >= 4 is 6.21 Å². The molecular weight excluding hydrogens is 197 g/mol. The van der Waals surface area contributed by atoms with E-state index in [0.717, 1.165) is 12.3 Å². The Morgan fingerprint density at radius 2 is 2.00 bits per heavy atom. The number of nitrogens with two attached hydrogens (primary N) is 1. The van der Waals surface area contributed by atoms with Crippen LogP contribution in [0.15, 0.2) is 11.2 Å². The third kappa shape index (κ3) is 1.63. The molecule has 0 aliphatic rings. The van der Waals surface area contributed by atoms with Crippen LogP contribution in [-0.4, -0.2) is 13.3 Å².